The Morgan fingerprint density at radius 3 is 1.18 bits per heavy atom. The molecule has 0 radical (unpaired) electrons. The van der Waals surface area contributed by atoms with E-state index >= 15 is 0 Å². The Bertz CT molecular complexity index is 232. The van der Waals surface area contributed by atoms with Crippen molar-refractivity contribution in [3.05, 3.63) is 0 Å². The van der Waals surface area contributed by atoms with Crippen LogP contribution < -0.4 is 0 Å². The average Bonchev–Trinajstić information content (AvgIpc) is 1.93. The van der Waals surface area contributed by atoms with Crippen LogP contribution in [0.4, 0.5) is 0 Å². The molecule has 0 N–H and O–H groups in total. The first-order valence-corrected chi connectivity index (χ1v) is 11.6. The predicted octanol–water partition coefficient (Wildman–Crippen LogP) is 5.83. The molecule has 17 heavy (non-hydrogen) atoms. The third-order valence-corrected chi connectivity index (χ3v) is 15.9. The molecule has 0 bridgehead atoms. The summed E-state index contributed by atoms with van der Waals surface area (Å²) in [5.74, 6) is 1.50. The first kappa shape index (κ1) is 17.9. The van der Waals surface area contributed by atoms with Crippen LogP contribution in [0.1, 0.15) is 62.3 Å². The molecule has 0 rings (SSSR count). The Hall–Kier alpha value is 0.860. The SMILES string of the molecule is CC(C)(C)P(C[PH](C)(C)C(C)(C)C)C(C)(C)C. The Labute approximate surface area is 112 Å². The zero-order valence-electron chi connectivity index (χ0n) is 14.2. The van der Waals surface area contributed by atoms with Gasteiger partial charge < -0.3 is 0 Å². The molecular formula is C15H36P2. The fraction of sp³-hybridized carbons (Fsp3) is 1.00. The second-order valence-corrected chi connectivity index (χ2v) is 19.1. The van der Waals surface area contributed by atoms with Crippen LogP contribution in [-0.2, 0) is 0 Å². The van der Waals surface area contributed by atoms with Gasteiger partial charge in [0.1, 0.15) is 0 Å². The van der Waals surface area contributed by atoms with Crippen molar-refractivity contribution in [3.8, 4) is 0 Å². The molecule has 0 saturated heterocycles. The minimum atomic E-state index is -1.16. The molecule has 0 saturated carbocycles. The fourth-order valence-electron chi connectivity index (χ4n) is 2.11. The second kappa shape index (κ2) is 5.09. The van der Waals surface area contributed by atoms with Gasteiger partial charge in [0.05, 0.1) is 0 Å². The fourth-order valence-corrected chi connectivity index (χ4v) is 13.0. The van der Waals surface area contributed by atoms with Crippen molar-refractivity contribution < 1.29 is 0 Å². The zero-order chi connectivity index (χ0) is 14.3. The van der Waals surface area contributed by atoms with Gasteiger partial charge in [0.2, 0.25) is 0 Å². The van der Waals surface area contributed by atoms with Gasteiger partial charge in [-0.3, -0.25) is 0 Å². The zero-order valence-corrected chi connectivity index (χ0v) is 16.0. The quantitative estimate of drug-likeness (QED) is 0.557. The summed E-state index contributed by atoms with van der Waals surface area (Å²) in [6.45, 7) is 27.1. The third kappa shape index (κ3) is 5.16. The van der Waals surface area contributed by atoms with Crippen LogP contribution in [0.5, 0.6) is 0 Å². The van der Waals surface area contributed by atoms with Crippen LogP contribution in [0.25, 0.3) is 0 Å². The van der Waals surface area contributed by atoms with E-state index in [0.717, 1.165) is 0 Å². The number of rotatable bonds is 2. The maximum absolute atomic E-state index is 2.58. The number of hydrogen-bond donors (Lipinski definition) is 0. The van der Waals surface area contributed by atoms with Gasteiger partial charge in [0.15, 0.2) is 0 Å². The van der Waals surface area contributed by atoms with E-state index in [1.165, 1.54) is 5.90 Å². The molecular weight excluding hydrogens is 242 g/mol. The van der Waals surface area contributed by atoms with Crippen LogP contribution in [0, 0.1) is 0 Å². The van der Waals surface area contributed by atoms with Crippen molar-refractivity contribution in [1.29, 1.82) is 0 Å². The van der Waals surface area contributed by atoms with E-state index in [4.69, 9.17) is 0 Å². The van der Waals surface area contributed by atoms with Crippen LogP contribution in [0.3, 0.4) is 0 Å². The van der Waals surface area contributed by atoms with E-state index in [-0.39, 0.29) is 7.92 Å². The van der Waals surface area contributed by atoms with Gasteiger partial charge in [-0.05, 0) is 0 Å². The molecule has 0 aliphatic rings. The molecule has 0 heterocycles. The normalized spacial score (nSPS) is 16.5. The molecule has 0 aliphatic heterocycles. The summed E-state index contributed by atoms with van der Waals surface area (Å²) in [5, 5.41) is 1.47. The van der Waals surface area contributed by atoms with Crippen LogP contribution >= 0.6 is 15.2 Å². The summed E-state index contributed by atoms with van der Waals surface area (Å²) in [6.07, 6.45) is 0. The van der Waals surface area contributed by atoms with Crippen molar-refractivity contribution in [3.63, 3.8) is 0 Å². The molecule has 0 amide bonds. The molecule has 0 aromatic carbocycles. The number of hydrogen-bond acceptors (Lipinski definition) is 0. The summed E-state index contributed by atoms with van der Waals surface area (Å²) in [4.78, 5) is 0. The van der Waals surface area contributed by atoms with E-state index in [1.807, 2.05) is 0 Å². The van der Waals surface area contributed by atoms with Crippen molar-refractivity contribution in [1.82, 2.24) is 0 Å². The molecule has 0 atom stereocenters. The van der Waals surface area contributed by atoms with E-state index in [1.54, 1.807) is 0 Å². The van der Waals surface area contributed by atoms with Crippen LogP contribution in [0.2, 0.25) is 0 Å². The van der Waals surface area contributed by atoms with Gasteiger partial charge in [-0.25, -0.2) is 0 Å². The van der Waals surface area contributed by atoms with Crippen LogP contribution in [0.15, 0.2) is 0 Å². The van der Waals surface area contributed by atoms with E-state index < -0.39 is 7.26 Å². The Morgan fingerprint density at radius 2 is 1.00 bits per heavy atom. The summed E-state index contributed by atoms with van der Waals surface area (Å²) in [7, 11) is -1.09. The third-order valence-electron chi connectivity index (χ3n) is 4.20. The van der Waals surface area contributed by atoms with Gasteiger partial charge in [0.25, 0.3) is 0 Å². The topological polar surface area (TPSA) is 0 Å². The molecule has 0 unspecified atom stereocenters. The summed E-state index contributed by atoms with van der Waals surface area (Å²) >= 11 is 0. The van der Waals surface area contributed by atoms with Gasteiger partial charge in [-0.1, -0.05) is 0 Å². The standard InChI is InChI=1S/C15H36P2/c1-13(2,3)16(14(4,5)6)12-17(10,11)15(7,8)9/h17H,12H2,1-11H3. The minimum absolute atomic E-state index is 0.0667. The molecule has 0 aromatic heterocycles. The van der Waals surface area contributed by atoms with E-state index in [0.29, 0.717) is 15.5 Å². The van der Waals surface area contributed by atoms with E-state index in [9.17, 15) is 0 Å². The maximum atomic E-state index is 2.58. The molecule has 0 aromatic rings. The predicted molar refractivity (Wildman–Crippen MR) is 91.2 cm³/mol. The van der Waals surface area contributed by atoms with Crippen molar-refractivity contribution in [2.45, 2.75) is 77.8 Å². The molecule has 106 valence electrons. The molecule has 0 fully saturated rings. The Balaban J connectivity index is 5.17. The first-order chi connectivity index (χ1) is 7.09. The first-order valence-electron chi connectivity index (χ1n) is 6.87. The summed E-state index contributed by atoms with van der Waals surface area (Å²) < 4.78 is 0. The second-order valence-electron chi connectivity index (χ2n) is 9.06. The Morgan fingerprint density at radius 1 is 0.706 bits per heavy atom. The molecule has 2 heteroatoms. The van der Waals surface area contributed by atoms with E-state index in [2.05, 4.69) is 75.6 Å². The molecule has 0 aliphatic carbocycles. The summed E-state index contributed by atoms with van der Waals surface area (Å²) in [6, 6.07) is 0. The van der Waals surface area contributed by atoms with Gasteiger partial charge >= 0.3 is 112 Å². The summed E-state index contributed by atoms with van der Waals surface area (Å²) in [5.41, 5.74) is 0. The Kier molecular flexibility index (Phi) is 5.35. The van der Waals surface area contributed by atoms with Gasteiger partial charge in [-0.2, -0.15) is 0 Å². The monoisotopic (exact) mass is 278 g/mol. The van der Waals surface area contributed by atoms with Gasteiger partial charge in [0, 0.05) is 0 Å². The van der Waals surface area contributed by atoms with Crippen molar-refractivity contribution in [2.24, 2.45) is 0 Å². The average molecular weight is 278 g/mol. The molecule has 0 nitrogen and oxygen atoms in total. The van der Waals surface area contributed by atoms with Crippen molar-refractivity contribution in [2.75, 3.05) is 19.2 Å². The van der Waals surface area contributed by atoms with Crippen LogP contribution in [-0.4, -0.2) is 34.7 Å². The van der Waals surface area contributed by atoms with Gasteiger partial charge in [-0.15, -0.1) is 0 Å². The van der Waals surface area contributed by atoms with Crippen molar-refractivity contribution >= 4 is 15.2 Å². The molecule has 0 spiro atoms.